The quantitative estimate of drug-likeness (QED) is 0.630. The number of methoxy groups -OCH3 is 1. The van der Waals surface area contributed by atoms with Gasteiger partial charge in [0.1, 0.15) is 11.3 Å². The predicted octanol–water partition coefficient (Wildman–Crippen LogP) is 4.44. The molecule has 0 spiro atoms. The van der Waals surface area contributed by atoms with Crippen LogP contribution in [0.3, 0.4) is 0 Å². The van der Waals surface area contributed by atoms with Crippen molar-refractivity contribution in [3.8, 4) is 17.2 Å². The van der Waals surface area contributed by atoms with Gasteiger partial charge >= 0.3 is 5.97 Å². The SMILES string of the molecule is CCOC(=O)c1ccc2oc(-c3ccc(OC)c(Br)c3)nc2c1. The van der Waals surface area contributed by atoms with Crippen molar-refractivity contribution >= 4 is 33.0 Å². The highest BCUT2D eigenvalue weighted by atomic mass is 79.9. The summed E-state index contributed by atoms with van der Waals surface area (Å²) in [5.74, 6) is 0.838. The van der Waals surface area contributed by atoms with Crippen LogP contribution in [0.4, 0.5) is 0 Å². The first-order valence-electron chi connectivity index (χ1n) is 7.04. The Balaban J connectivity index is 1.99. The fourth-order valence-electron chi connectivity index (χ4n) is 2.19. The fourth-order valence-corrected chi connectivity index (χ4v) is 2.73. The Morgan fingerprint density at radius 1 is 1.26 bits per heavy atom. The molecule has 0 saturated heterocycles. The molecule has 3 aromatic rings. The van der Waals surface area contributed by atoms with Gasteiger partial charge in [-0.2, -0.15) is 0 Å². The lowest BCUT2D eigenvalue weighted by atomic mass is 10.2. The summed E-state index contributed by atoms with van der Waals surface area (Å²) in [7, 11) is 1.61. The fraction of sp³-hybridized carbons (Fsp3) is 0.176. The summed E-state index contributed by atoms with van der Waals surface area (Å²) in [6.07, 6.45) is 0. The minimum atomic E-state index is -0.369. The number of benzene rings is 2. The number of halogens is 1. The van der Waals surface area contributed by atoms with Gasteiger partial charge < -0.3 is 13.9 Å². The van der Waals surface area contributed by atoms with Gasteiger partial charge in [-0.1, -0.05) is 0 Å². The van der Waals surface area contributed by atoms with E-state index >= 15 is 0 Å². The van der Waals surface area contributed by atoms with E-state index in [0.717, 1.165) is 15.8 Å². The number of nitrogens with zero attached hydrogens (tertiary/aromatic N) is 1. The van der Waals surface area contributed by atoms with Gasteiger partial charge in [0, 0.05) is 5.56 Å². The lowest BCUT2D eigenvalue weighted by Gasteiger charge is -2.03. The molecule has 3 rings (SSSR count). The zero-order chi connectivity index (χ0) is 16.4. The van der Waals surface area contributed by atoms with Crippen molar-refractivity contribution in [3.05, 3.63) is 46.4 Å². The predicted molar refractivity (Wildman–Crippen MR) is 89.7 cm³/mol. The Morgan fingerprint density at radius 3 is 2.78 bits per heavy atom. The highest BCUT2D eigenvalue weighted by molar-refractivity contribution is 9.10. The molecule has 118 valence electrons. The summed E-state index contributed by atoms with van der Waals surface area (Å²) in [6.45, 7) is 2.10. The number of fused-ring (bicyclic) bond motifs is 1. The molecular formula is C17H14BrNO4. The summed E-state index contributed by atoms with van der Waals surface area (Å²) in [5, 5.41) is 0. The molecule has 5 nitrogen and oxygen atoms in total. The first-order valence-corrected chi connectivity index (χ1v) is 7.83. The Bertz CT molecular complexity index is 872. The first-order chi connectivity index (χ1) is 11.1. The maximum absolute atomic E-state index is 11.8. The van der Waals surface area contributed by atoms with E-state index in [1.165, 1.54) is 0 Å². The minimum absolute atomic E-state index is 0.334. The average Bonchev–Trinajstić information content (AvgIpc) is 2.98. The molecule has 1 heterocycles. The maximum Gasteiger partial charge on any atom is 0.338 e. The van der Waals surface area contributed by atoms with Crippen molar-refractivity contribution in [1.29, 1.82) is 0 Å². The van der Waals surface area contributed by atoms with Gasteiger partial charge in [-0.15, -0.1) is 0 Å². The molecule has 0 bridgehead atoms. The molecule has 0 amide bonds. The number of carbonyl (C=O) groups excluding carboxylic acids is 1. The lowest BCUT2D eigenvalue weighted by Crippen LogP contribution is -2.03. The van der Waals surface area contributed by atoms with E-state index in [2.05, 4.69) is 20.9 Å². The second-order valence-corrected chi connectivity index (χ2v) is 5.63. The minimum Gasteiger partial charge on any atom is -0.496 e. The zero-order valence-corrected chi connectivity index (χ0v) is 14.2. The largest absolute Gasteiger partial charge is 0.496 e. The summed E-state index contributed by atoms with van der Waals surface area (Å²) in [6, 6.07) is 10.6. The smallest absolute Gasteiger partial charge is 0.338 e. The third-order valence-corrected chi connectivity index (χ3v) is 3.92. The molecule has 0 radical (unpaired) electrons. The van der Waals surface area contributed by atoms with Crippen LogP contribution in [0.2, 0.25) is 0 Å². The van der Waals surface area contributed by atoms with Gasteiger partial charge in [-0.25, -0.2) is 9.78 Å². The van der Waals surface area contributed by atoms with Crippen LogP contribution >= 0.6 is 15.9 Å². The summed E-state index contributed by atoms with van der Waals surface area (Å²) >= 11 is 3.44. The van der Waals surface area contributed by atoms with E-state index in [-0.39, 0.29) is 5.97 Å². The van der Waals surface area contributed by atoms with Crippen LogP contribution in [0, 0.1) is 0 Å². The van der Waals surface area contributed by atoms with E-state index in [1.54, 1.807) is 32.2 Å². The number of aromatic nitrogens is 1. The molecule has 0 saturated carbocycles. The third kappa shape index (κ3) is 3.07. The molecular weight excluding hydrogens is 362 g/mol. The highest BCUT2D eigenvalue weighted by Gasteiger charge is 2.13. The Labute approximate surface area is 141 Å². The topological polar surface area (TPSA) is 61.6 Å². The Morgan fingerprint density at radius 2 is 2.09 bits per heavy atom. The first kappa shape index (κ1) is 15.6. The van der Waals surface area contributed by atoms with Gasteiger partial charge in [0.15, 0.2) is 5.58 Å². The summed E-state index contributed by atoms with van der Waals surface area (Å²) in [4.78, 5) is 16.2. The van der Waals surface area contributed by atoms with Crippen LogP contribution < -0.4 is 4.74 Å². The molecule has 6 heteroatoms. The van der Waals surface area contributed by atoms with Crippen LogP contribution in [0.5, 0.6) is 5.75 Å². The molecule has 0 atom stereocenters. The van der Waals surface area contributed by atoms with E-state index in [4.69, 9.17) is 13.9 Å². The van der Waals surface area contributed by atoms with Crippen molar-refractivity contribution in [1.82, 2.24) is 4.98 Å². The van der Waals surface area contributed by atoms with Crippen molar-refractivity contribution in [2.24, 2.45) is 0 Å². The van der Waals surface area contributed by atoms with Crippen molar-refractivity contribution in [2.45, 2.75) is 6.92 Å². The highest BCUT2D eigenvalue weighted by Crippen LogP contribution is 2.31. The monoisotopic (exact) mass is 375 g/mol. The molecule has 0 aliphatic rings. The lowest BCUT2D eigenvalue weighted by molar-refractivity contribution is 0.0526. The van der Waals surface area contributed by atoms with Crippen molar-refractivity contribution in [3.63, 3.8) is 0 Å². The normalized spacial score (nSPS) is 10.7. The molecule has 0 fully saturated rings. The number of rotatable bonds is 4. The summed E-state index contributed by atoms with van der Waals surface area (Å²) < 4.78 is 16.8. The summed E-state index contributed by atoms with van der Waals surface area (Å²) in [5.41, 5.74) is 2.49. The van der Waals surface area contributed by atoms with Gasteiger partial charge in [-0.05, 0) is 59.3 Å². The van der Waals surface area contributed by atoms with Crippen LogP contribution in [0.15, 0.2) is 45.3 Å². The molecule has 23 heavy (non-hydrogen) atoms. The van der Waals surface area contributed by atoms with Gasteiger partial charge in [0.25, 0.3) is 0 Å². The van der Waals surface area contributed by atoms with Crippen LogP contribution in [0.25, 0.3) is 22.6 Å². The second kappa shape index (κ2) is 6.42. The number of hydrogen-bond donors (Lipinski definition) is 0. The maximum atomic E-state index is 11.8. The van der Waals surface area contributed by atoms with Gasteiger partial charge in [-0.3, -0.25) is 0 Å². The molecule has 0 aliphatic carbocycles. The van der Waals surface area contributed by atoms with Gasteiger partial charge in [0.05, 0.1) is 23.8 Å². The number of hydrogen-bond acceptors (Lipinski definition) is 5. The zero-order valence-electron chi connectivity index (χ0n) is 12.6. The van der Waals surface area contributed by atoms with Crippen molar-refractivity contribution in [2.75, 3.05) is 13.7 Å². The average molecular weight is 376 g/mol. The molecule has 0 aliphatic heterocycles. The van der Waals surface area contributed by atoms with Crippen LogP contribution in [0.1, 0.15) is 17.3 Å². The van der Waals surface area contributed by atoms with E-state index in [9.17, 15) is 4.79 Å². The number of esters is 1. The van der Waals surface area contributed by atoms with Gasteiger partial charge in [0.2, 0.25) is 5.89 Å². The number of oxazole rings is 1. The molecule has 0 unspecified atom stereocenters. The molecule has 2 aromatic carbocycles. The number of carbonyl (C=O) groups is 1. The number of ether oxygens (including phenoxy) is 2. The Kier molecular flexibility index (Phi) is 4.34. The second-order valence-electron chi connectivity index (χ2n) is 4.77. The molecule has 0 N–H and O–H groups in total. The third-order valence-electron chi connectivity index (χ3n) is 3.30. The van der Waals surface area contributed by atoms with E-state index < -0.39 is 0 Å². The molecule has 1 aromatic heterocycles. The van der Waals surface area contributed by atoms with Crippen LogP contribution in [-0.4, -0.2) is 24.7 Å². The van der Waals surface area contributed by atoms with E-state index in [1.807, 2.05) is 18.2 Å². The van der Waals surface area contributed by atoms with E-state index in [0.29, 0.717) is 29.2 Å². The Hall–Kier alpha value is -2.34. The standard InChI is InChI=1S/C17H14BrNO4/c1-3-22-17(20)11-5-7-15-13(9-11)19-16(23-15)10-4-6-14(21-2)12(18)8-10/h4-9H,3H2,1-2H3. The van der Waals surface area contributed by atoms with Crippen LogP contribution in [-0.2, 0) is 4.74 Å². The van der Waals surface area contributed by atoms with Crippen molar-refractivity contribution < 1.29 is 18.7 Å².